The van der Waals surface area contributed by atoms with Crippen molar-refractivity contribution in [1.82, 2.24) is 9.80 Å². The van der Waals surface area contributed by atoms with E-state index in [1.807, 2.05) is 0 Å². The van der Waals surface area contributed by atoms with Crippen LogP contribution in [0.25, 0.3) is 0 Å². The quantitative estimate of drug-likeness (QED) is 0.788. The third-order valence-electron chi connectivity index (χ3n) is 4.27. The Morgan fingerprint density at radius 2 is 1.95 bits per heavy atom. The second-order valence-corrected chi connectivity index (χ2v) is 5.54. The number of fused-ring (bicyclic) bond motifs is 1. The van der Waals surface area contributed by atoms with Gasteiger partial charge < -0.3 is 4.90 Å². The van der Waals surface area contributed by atoms with Crippen molar-refractivity contribution in [2.24, 2.45) is 0 Å². The summed E-state index contributed by atoms with van der Waals surface area (Å²) in [5, 5.41) is 0. The van der Waals surface area contributed by atoms with Crippen LogP contribution in [0.4, 0.5) is 8.78 Å². The molecule has 20 heavy (non-hydrogen) atoms. The summed E-state index contributed by atoms with van der Waals surface area (Å²) in [6.45, 7) is 3.30. The standard InChI is InChI=1S/C15H18F2N2O/c16-13-6-1-5-12(14(13)17)15(20)19-9-3-8-18-7-2-4-11(18)10-19/h1,5-6,11H,2-4,7-10H2/t11-/m1/s1. The number of halogens is 2. The lowest BCUT2D eigenvalue weighted by molar-refractivity contribution is 0.0737. The van der Waals surface area contributed by atoms with Crippen LogP contribution in [0.1, 0.15) is 29.6 Å². The Balaban J connectivity index is 1.81. The van der Waals surface area contributed by atoms with Gasteiger partial charge in [0.2, 0.25) is 0 Å². The molecule has 2 saturated heterocycles. The SMILES string of the molecule is O=C(c1cccc(F)c1F)N1CCCN2CCC[C@@H]2C1. The van der Waals surface area contributed by atoms with Gasteiger partial charge >= 0.3 is 0 Å². The van der Waals surface area contributed by atoms with E-state index in [2.05, 4.69) is 4.90 Å². The fourth-order valence-corrected chi connectivity index (χ4v) is 3.23. The van der Waals surface area contributed by atoms with E-state index in [-0.39, 0.29) is 5.56 Å². The summed E-state index contributed by atoms with van der Waals surface area (Å²) < 4.78 is 27.0. The van der Waals surface area contributed by atoms with E-state index in [1.165, 1.54) is 12.1 Å². The molecule has 2 heterocycles. The normalized spacial score (nSPS) is 23.5. The first-order valence-corrected chi connectivity index (χ1v) is 7.14. The maximum atomic E-state index is 13.7. The molecule has 3 rings (SSSR count). The van der Waals surface area contributed by atoms with Crippen LogP contribution >= 0.6 is 0 Å². The summed E-state index contributed by atoms with van der Waals surface area (Å²) in [5.41, 5.74) is -0.156. The zero-order valence-electron chi connectivity index (χ0n) is 11.3. The Bertz CT molecular complexity index is 521. The van der Waals surface area contributed by atoms with Gasteiger partial charge in [0.15, 0.2) is 11.6 Å². The van der Waals surface area contributed by atoms with E-state index >= 15 is 0 Å². The number of rotatable bonds is 1. The zero-order chi connectivity index (χ0) is 14.1. The summed E-state index contributed by atoms with van der Waals surface area (Å²) in [6, 6.07) is 4.15. The number of hydrogen-bond acceptors (Lipinski definition) is 2. The van der Waals surface area contributed by atoms with Gasteiger partial charge in [-0.1, -0.05) is 6.07 Å². The predicted octanol–water partition coefficient (Wildman–Crippen LogP) is 2.28. The fraction of sp³-hybridized carbons (Fsp3) is 0.533. The summed E-state index contributed by atoms with van der Waals surface area (Å²) in [7, 11) is 0. The molecule has 1 amide bonds. The average molecular weight is 280 g/mol. The zero-order valence-corrected chi connectivity index (χ0v) is 11.3. The number of hydrogen-bond donors (Lipinski definition) is 0. The molecule has 1 aromatic rings. The molecular weight excluding hydrogens is 262 g/mol. The molecule has 0 spiro atoms. The van der Waals surface area contributed by atoms with Crippen LogP contribution in [-0.2, 0) is 0 Å². The maximum Gasteiger partial charge on any atom is 0.256 e. The van der Waals surface area contributed by atoms with Gasteiger partial charge in [0, 0.05) is 25.7 Å². The van der Waals surface area contributed by atoms with Crippen LogP contribution in [-0.4, -0.2) is 47.9 Å². The van der Waals surface area contributed by atoms with Gasteiger partial charge in [-0.3, -0.25) is 9.69 Å². The Morgan fingerprint density at radius 1 is 1.15 bits per heavy atom. The molecule has 2 aliphatic rings. The number of benzene rings is 1. The van der Waals surface area contributed by atoms with Gasteiger partial charge in [-0.25, -0.2) is 8.78 Å². The lowest BCUT2D eigenvalue weighted by atomic mass is 10.1. The Labute approximate surface area is 117 Å². The highest BCUT2D eigenvalue weighted by Crippen LogP contribution is 2.23. The van der Waals surface area contributed by atoms with Crippen molar-refractivity contribution < 1.29 is 13.6 Å². The van der Waals surface area contributed by atoms with E-state index in [0.717, 1.165) is 38.4 Å². The number of carbonyl (C=O) groups is 1. The van der Waals surface area contributed by atoms with E-state index in [0.29, 0.717) is 19.1 Å². The van der Waals surface area contributed by atoms with E-state index in [1.54, 1.807) is 4.90 Å². The molecule has 2 fully saturated rings. The van der Waals surface area contributed by atoms with Crippen molar-refractivity contribution in [3.8, 4) is 0 Å². The maximum absolute atomic E-state index is 13.7. The highest BCUT2D eigenvalue weighted by molar-refractivity contribution is 5.94. The summed E-state index contributed by atoms with van der Waals surface area (Å²) >= 11 is 0. The molecule has 1 atom stereocenters. The largest absolute Gasteiger partial charge is 0.337 e. The highest BCUT2D eigenvalue weighted by atomic mass is 19.2. The van der Waals surface area contributed by atoms with Crippen LogP contribution in [0.15, 0.2) is 18.2 Å². The second kappa shape index (κ2) is 5.48. The monoisotopic (exact) mass is 280 g/mol. The fourth-order valence-electron chi connectivity index (χ4n) is 3.23. The van der Waals surface area contributed by atoms with Crippen molar-refractivity contribution in [2.45, 2.75) is 25.3 Å². The smallest absolute Gasteiger partial charge is 0.256 e. The average Bonchev–Trinajstić information content (AvgIpc) is 2.78. The van der Waals surface area contributed by atoms with Gasteiger partial charge in [-0.05, 0) is 37.9 Å². The first kappa shape index (κ1) is 13.5. The molecule has 0 saturated carbocycles. The van der Waals surface area contributed by atoms with Crippen LogP contribution in [0.5, 0.6) is 0 Å². The van der Waals surface area contributed by atoms with Crippen molar-refractivity contribution in [3.05, 3.63) is 35.4 Å². The predicted molar refractivity (Wildman–Crippen MR) is 71.5 cm³/mol. The lowest BCUT2D eigenvalue weighted by Crippen LogP contribution is -2.40. The summed E-state index contributed by atoms with van der Waals surface area (Å²) in [6.07, 6.45) is 3.12. The molecule has 1 aromatic carbocycles. The molecule has 2 aliphatic heterocycles. The van der Waals surface area contributed by atoms with Crippen molar-refractivity contribution in [1.29, 1.82) is 0 Å². The second-order valence-electron chi connectivity index (χ2n) is 5.54. The molecule has 0 radical (unpaired) electrons. The van der Waals surface area contributed by atoms with Gasteiger partial charge in [-0.2, -0.15) is 0 Å². The number of nitrogens with zero attached hydrogens (tertiary/aromatic N) is 2. The third-order valence-corrected chi connectivity index (χ3v) is 4.27. The van der Waals surface area contributed by atoms with E-state index in [4.69, 9.17) is 0 Å². The Kier molecular flexibility index (Phi) is 3.70. The minimum absolute atomic E-state index is 0.156. The van der Waals surface area contributed by atoms with Gasteiger partial charge in [0.05, 0.1) is 5.56 Å². The van der Waals surface area contributed by atoms with Gasteiger partial charge in [-0.15, -0.1) is 0 Å². The van der Waals surface area contributed by atoms with Crippen LogP contribution < -0.4 is 0 Å². The van der Waals surface area contributed by atoms with E-state index in [9.17, 15) is 13.6 Å². The van der Waals surface area contributed by atoms with Crippen molar-refractivity contribution >= 4 is 5.91 Å². The molecule has 0 unspecified atom stereocenters. The minimum Gasteiger partial charge on any atom is -0.337 e. The van der Waals surface area contributed by atoms with Crippen LogP contribution in [0.3, 0.4) is 0 Å². The molecule has 5 heteroatoms. The van der Waals surface area contributed by atoms with Gasteiger partial charge in [0.1, 0.15) is 0 Å². The number of amides is 1. The highest BCUT2D eigenvalue weighted by Gasteiger charge is 2.31. The Hall–Kier alpha value is -1.49. The molecule has 0 aliphatic carbocycles. The van der Waals surface area contributed by atoms with E-state index < -0.39 is 17.5 Å². The third kappa shape index (κ3) is 2.42. The van der Waals surface area contributed by atoms with Crippen LogP contribution in [0.2, 0.25) is 0 Å². The lowest BCUT2D eigenvalue weighted by Gasteiger charge is -2.25. The van der Waals surface area contributed by atoms with Crippen LogP contribution in [0, 0.1) is 11.6 Å². The van der Waals surface area contributed by atoms with Gasteiger partial charge in [0.25, 0.3) is 5.91 Å². The van der Waals surface area contributed by atoms with Crippen molar-refractivity contribution in [2.75, 3.05) is 26.2 Å². The molecule has 108 valence electrons. The Morgan fingerprint density at radius 3 is 2.80 bits per heavy atom. The topological polar surface area (TPSA) is 23.6 Å². The number of carbonyl (C=O) groups excluding carboxylic acids is 1. The first-order chi connectivity index (χ1) is 9.66. The molecule has 0 aromatic heterocycles. The minimum atomic E-state index is -1.04. The molecule has 3 nitrogen and oxygen atoms in total. The summed E-state index contributed by atoms with van der Waals surface area (Å²) in [5.74, 6) is -2.39. The molecular formula is C15H18F2N2O. The summed E-state index contributed by atoms with van der Waals surface area (Å²) in [4.78, 5) is 16.5. The molecule has 0 bridgehead atoms. The molecule has 0 N–H and O–H groups in total. The van der Waals surface area contributed by atoms with Crippen molar-refractivity contribution in [3.63, 3.8) is 0 Å². The first-order valence-electron chi connectivity index (χ1n) is 7.14.